The first-order chi connectivity index (χ1) is 48.4. The predicted molar refractivity (Wildman–Crippen MR) is 380 cm³/mol. The van der Waals surface area contributed by atoms with Crippen molar-refractivity contribution in [3.63, 3.8) is 0 Å². The van der Waals surface area contributed by atoms with Gasteiger partial charge in [0.05, 0.1) is 85.7 Å². The van der Waals surface area contributed by atoms with Gasteiger partial charge in [-0.2, -0.15) is 39.5 Å². The molecule has 1 N–H and O–H groups in total. The standard InChI is InChI=1S/C20H13Cl3F3N3O4S.C18H9Cl3F3N3O3S.C14H10BrCl2F3N2O3S.C8H9ClN2O2.ClH/c1-33-10-29(34(31,32)12-5-6-14(22)13(8-12)20(24,25)26)16-7-11(21)9-27-18(16)19(30)15-3-2-4-17(23)28-15;19-9-6-14(16(25-8-9)17(28)13-2-1-3-15(21)26-13)27-31(29,30)10-4-5-12(20)11(7-10)18(22,23)24;1-25-7-22(12-4-8(16)6-21-13(12)15)26(23,24)9-2-3-11(17)10(5-9)14(18,19)20;1-11(13-2)8(12)6-4-3-5-7(9)10-6;/h2-9H,10H2,1H3;1-8,27H;2-6H,7H2,1H3;3-5H,1-2H3;1H. The van der Waals surface area contributed by atoms with Crippen molar-refractivity contribution >= 4 is 197 Å². The molecule has 1 amide bonds. The van der Waals surface area contributed by atoms with Crippen LogP contribution in [0.5, 0.6) is 0 Å². The molecule has 22 nitrogen and oxygen atoms in total. The number of ketones is 2. The lowest BCUT2D eigenvalue weighted by atomic mass is 10.1. The molecule has 0 unspecified atom stereocenters. The number of pyridine rings is 6. The molecule has 0 bridgehead atoms. The molecular weight excluding hydrogens is 1750 g/mol. The van der Waals surface area contributed by atoms with Crippen LogP contribution in [0.15, 0.2) is 165 Å². The normalized spacial score (nSPS) is 11.6. The maximum absolute atomic E-state index is 13.4. The Labute approximate surface area is 650 Å². The lowest BCUT2D eigenvalue weighted by Gasteiger charge is -2.25. The maximum Gasteiger partial charge on any atom is 0.417 e. The van der Waals surface area contributed by atoms with Crippen molar-refractivity contribution < 1.29 is 93.5 Å². The molecular formula is C60H42BrCl10F9N10O12S3. The van der Waals surface area contributed by atoms with E-state index in [4.69, 9.17) is 119 Å². The number of hydroxylamine groups is 2. The highest BCUT2D eigenvalue weighted by Crippen LogP contribution is 2.41. The Morgan fingerprint density at radius 3 is 1.24 bits per heavy atom. The predicted octanol–water partition coefficient (Wildman–Crippen LogP) is 17.7. The van der Waals surface area contributed by atoms with E-state index in [2.05, 4.69) is 45.8 Å². The second-order valence-electron chi connectivity index (χ2n) is 19.8. The topological polar surface area (TPSA) is 280 Å². The molecule has 0 saturated carbocycles. The van der Waals surface area contributed by atoms with E-state index in [9.17, 15) is 79.2 Å². The average Bonchev–Trinajstić information content (AvgIpc) is 0.733. The zero-order chi connectivity index (χ0) is 77.8. The number of sulfonamides is 3. The number of amides is 1. The van der Waals surface area contributed by atoms with Crippen LogP contribution < -0.4 is 13.3 Å². The number of hydrogen-bond acceptors (Lipinski definition) is 18. The second-order valence-corrected chi connectivity index (χ2v) is 29.6. The fourth-order valence-electron chi connectivity index (χ4n) is 8.04. The van der Waals surface area contributed by atoms with Gasteiger partial charge in [0.1, 0.15) is 62.0 Å². The number of halogens is 20. The van der Waals surface area contributed by atoms with E-state index < -0.39 is 126 Å². The van der Waals surface area contributed by atoms with Crippen LogP contribution in [0.1, 0.15) is 59.5 Å². The number of nitrogens with zero attached hydrogens (tertiary/aromatic N) is 9. The highest BCUT2D eigenvalue weighted by molar-refractivity contribution is 9.10. The number of alkyl halides is 9. The molecule has 6 heterocycles. The number of carbonyl (C=O) groups is 3. The van der Waals surface area contributed by atoms with Crippen LogP contribution in [0.4, 0.5) is 56.6 Å². The van der Waals surface area contributed by atoms with Crippen LogP contribution in [-0.4, -0.2) is 120 Å². The Hall–Kier alpha value is -6.75. The first kappa shape index (κ1) is 88.9. The molecule has 9 aromatic rings. The van der Waals surface area contributed by atoms with E-state index in [1.54, 1.807) is 18.2 Å². The summed E-state index contributed by atoms with van der Waals surface area (Å²) in [6, 6.07) is 23.2. The van der Waals surface area contributed by atoms with Crippen molar-refractivity contribution in [2.75, 3.05) is 55.2 Å². The molecule has 0 aliphatic carbocycles. The van der Waals surface area contributed by atoms with E-state index in [-0.39, 0.29) is 93.3 Å². The number of carbonyl (C=O) groups excluding carboxylic acids is 3. The summed E-state index contributed by atoms with van der Waals surface area (Å²) in [5.41, 5.74) is -5.44. The van der Waals surface area contributed by atoms with Gasteiger partial charge in [-0.05, 0) is 125 Å². The third kappa shape index (κ3) is 23.4. The lowest BCUT2D eigenvalue weighted by Crippen LogP contribution is -2.34. The van der Waals surface area contributed by atoms with Crippen molar-refractivity contribution in [2.45, 2.75) is 33.2 Å². The average molecular weight is 1800 g/mol. The highest BCUT2D eigenvalue weighted by Gasteiger charge is 2.40. The summed E-state index contributed by atoms with van der Waals surface area (Å²) in [7, 11) is -8.44. The first-order valence-corrected chi connectivity index (χ1v) is 36.0. The third-order valence-electron chi connectivity index (χ3n) is 12.8. The highest BCUT2D eigenvalue weighted by atomic mass is 79.9. The molecule has 9 rings (SSSR count). The number of anilines is 3. The van der Waals surface area contributed by atoms with Gasteiger partial charge in [-0.25, -0.2) is 68.8 Å². The van der Waals surface area contributed by atoms with Crippen molar-refractivity contribution in [2.24, 2.45) is 0 Å². The molecule has 0 fully saturated rings. The van der Waals surface area contributed by atoms with Crippen LogP contribution in [0.25, 0.3) is 0 Å². The minimum atomic E-state index is -4.91. The molecule has 3 aromatic carbocycles. The minimum absolute atomic E-state index is 0. The van der Waals surface area contributed by atoms with Gasteiger partial charge < -0.3 is 9.47 Å². The largest absolute Gasteiger partial charge is 0.417 e. The Bertz CT molecular complexity index is 5060. The van der Waals surface area contributed by atoms with Crippen molar-refractivity contribution in [3.8, 4) is 0 Å². The van der Waals surface area contributed by atoms with Crippen LogP contribution in [0.3, 0.4) is 0 Å². The summed E-state index contributed by atoms with van der Waals surface area (Å²) < 4.78 is 210. The van der Waals surface area contributed by atoms with Crippen molar-refractivity contribution in [1.82, 2.24) is 35.0 Å². The Balaban J connectivity index is 0.000000261. The van der Waals surface area contributed by atoms with Gasteiger partial charge in [-0.15, -0.1) is 12.4 Å². The van der Waals surface area contributed by atoms with E-state index in [0.29, 0.717) is 22.5 Å². The molecule has 0 aliphatic heterocycles. The van der Waals surface area contributed by atoms with E-state index >= 15 is 0 Å². The number of hydrogen-bond donors (Lipinski definition) is 1. The summed E-state index contributed by atoms with van der Waals surface area (Å²) in [5.74, 6) is -1.92. The van der Waals surface area contributed by atoms with E-state index in [0.717, 1.165) is 77.4 Å². The Kier molecular flexibility index (Phi) is 31.6. The Morgan fingerprint density at radius 2 is 0.829 bits per heavy atom. The van der Waals surface area contributed by atoms with Gasteiger partial charge in [0, 0.05) is 39.9 Å². The van der Waals surface area contributed by atoms with E-state index in [1.165, 1.54) is 69.9 Å². The molecule has 0 saturated heterocycles. The summed E-state index contributed by atoms with van der Waals surface area (Å²) >= 11 is 54.7. The minimum Gasteiger partial charge on any atom is -0.363 e. The zero-order valence-corrected chi connectivity index (χ0v) is 64.2. The van der Waals surface area contributed by atoms with Crippen LogP contribution in [0.2, 0.25) is 45.6 Å². The number of nitrogens with one attached hydrogen (secondary N) is 1. The fourth-order valence-corrected chi connectivity index (χ4v) is 14.1. The number of methoxy groups -OCH3 is 2. The summed E-state index contributed by atoms with van der Waals surface area (Å²) in [5, 5.41) is -0.516. The molecule has 6 aromatic heterocycles. The first-order valence-electron chi connectivity index (χ1n) is 27.5. The third-order valence-corrected chi connectivity index (χ3v) is 20.5. The van der Waals surface area contributed by atoms with Crippen LogP contribution >= 0.6 is 133 Å². The summed E-state index contributed by atoms with van der Waals surface area (Å²) in [6.07, 6.45) is -11.1. The SMILES string of the molecule is COCN(c1cc(Cl)cnc1Br)S(=O)(=O)c1ccc(Cl)c(C(F)(F)F)c1.COCN(c1cc(Cl)cnc1C(=O)c1cccc(Cl)n1)S(=O)(=O)c1ccc(Cl)c(C(F)(F)F)c1.CON(C)C(=O)c1cccc(Cl)n1.Cl.O=C(c1cccc(Cl)n1)c1ncc(Cl)cc1NS(=O)(=O)c1ccc(Cl)c(C(F)(F)F)c1. The smallest absolute Gasteiger partial charge is 0.363 e. The molecule has 0 aliphatic rings. The monoisotopic (exact) mass is 1790 g/mol. The van der Waals surface area contributed by atoms with Gasteiger partial charge in [-0.3, -0.25) is 23.9 Å². The fraction of sp³-hybridized carbons (Fsp3) is 0.150. The molecule has 0 spiro atoms. The number of rotatable bonds is 19. The van der Waals surface area contributed by atoms with Gasteiger partial charge in [0.15, 0.2) is 0 Å². The van der Waals surface area contributed by atoms with Crippen LogP contribution in [-0.2, 0) is 62.9 Å². The molecule has 0 atom stereocenters. The van der Waals surface area contributed by atoms with Gasteiger partial charge in [0.25, 0.3) is 36.0 Å². The molecule has 0 radical (unpaired) electrons. The lowest BCUT2D eigenvalue weighted by molar-refractivity contribution is -0.138. The van der Waals surface area contributed by atoms with E-state index in [1.807, 2.05) is 4.72 Å². The number of ether oxygens (including phenoxy) is 2. The van der Waals surface area contributed by atoms with Gasteiger partial charge in [0.2, 0.25) is 11.6 Å². The Morgan fingerprint density at radius 1 is 0.476 bits per heavy atom. The molecule has 105 heavy (non-hydrogen) atoms. The molecule has 45 heteroatoms. The maximum atomic E-state index is 13.4. The zero-order valence-electron chi connectivity index (χ0n) is 52.5. The van der Waals surface area contributed by atoms with Gasteiger partial charge >= 0.3 is 18.5 Å². The number of benzene rings is 3. The molecule has 562 valence electrons. The van der Waals surface area contributed by atoms with Crippen LogP contribution in [0, 0.1) is 0 Å². The van der Waals surface area contributed by atoms with Crippen molar-refractivity contribution in [3.05, 3.63) is 241 Å². The van der Waals surface area contributed by atoms with Crippen molar-refractivity contribution in [1.29, 1.82) is 0 Å². The second kappa shape index (κ2) is 37.4. The number of aromatic nitrogens is 6. The quantitative estimate of drug-likeness (QED) is 0.0259. The summed E-state index contributed by atoms with van der Waals surface area (Å²) in [6.45, 7) is -1.16. The van der Waals surface area contributed by atoms with Gasteiger partial charge in [-0.1, -0.05) is 123 Å². The summed E-state index contributed by atoms with van der Waals surface area (Å²) in [4.78, 5) is 63.1.